The van der Waals surface area contributed by atoms with Crippen LogP contribution in [0.3, 0.4) is 0 Å². The summed E-state index contributed by atoms with van der Waals surface area (Å²) < 4.78 is 60.2. The monoisotopic (exact) mass is 583 g/mol. The number of benzene rings is 1. The zero-order chi connectivity index (χ0) is 30.3. The number of imidazole rings is 1. The van der Waals surface area contributed by atoms with Crippen LogP contribution in [0.15, 0.2) is 42.7 Å². The maximum atomic E-state index is 13.9. The van der Waals surface area contributed by atoms with Gasteiger partial charge < -0.3 is 15.0 Å². The van der Waals surface area contributed by atoms with Gasteiger partial charge in [-0.3, -0.25) is 9.36 Å². The molecular weight excluding hydrogens is 558 g/mol. The molecule has 0 saturated heterocycles. The fourth-order valence-corrected chi connectivity index (χ4v) is 4.32. The standard InChI is InChI=1S/C27H25F4N9O2/c1-13-8-20-19(11-18(13)33-24-17(26(41)38(4)5)9-14(2)35-36-24)32-12-39(20)21-7-6-16(23(28)29)25(34-21)40-15(3)10-22(37-40)42-27(30)31/h6-12,23,27H,1-5H3,(H,33,36). The minimum absolute atomic E-state index is 0.239. The second-order valence-electron chi connectivity index (χ2n) is 9.64. The van der Waals surface area contributed by atoms with Crippen LogP contribution < -0.4 is 10.1 Å². The fraction of sp³-hybridized carbons (Fsp3) is 0.259. The van der Waals surface area contributed by atoms with Crippen LogP contribution in [-0.4, -0.2) is 66.0 Å². The molecule has 15 heteroatoms. The van der Waals surface area contributed by atoms with Crippen LogP contribution in [0, 0.1) is 20.8 Å². The van der Waals surface area contributed by atoms with E-state index in [-0.39, 0.29) is 29.1 Å². The molecule has 4 heterocycles. The SMILES string of the molecule is Cc1cc(C(=O)N(C)C)c(Nc2cc3ncn(-c4ccc(C(F)F)c(-n5nc(OC(F)F)cc5C)n4)c3cc2C)nn1. The van der Waals surface area contributed by atoms with E-state index in [2.05, 4.69) is 35.3 Å². The highest BCUT2D eigenvalue weighted by Gasteiger charge is 2.22. The Morgan fingerprint density at radius 1 is 1.02 bits per heavy atom. The molecule has 218 valence electrons. The number of alkyl halides is 4. The molecule has 0 atom stereocenters. The average molecular weight is 584 g/mol. The van der Waals surface area contributed by atoms with Crippen molar-refractivity contribution in [3.8, 4) is 17.5 Å². The van der Waals surface area contributed by atoms with Crippen molar-refractivity contribution < 1.29 is 27.1 Å². The minimum Gasteiger partial charge on any atom is -0.415 e. The van der Waals surface area contributed by atoms with E-state index in [9.17, 15) is 22.4 Å². The van der Waals surface area contributed by atoms with Crippen molar-refractivity contribution in [2.75, 3.05) is 19.4 Å². The van der Waals surface area contributed by atoms with E-state index < -0.39 is 24.5 Å². The van der Waals surface area contributed by atoms with Crippen LogP contribution in [0.25, 0.3) is 22.7 Å². The van der Waals surface area contributed by atoms with Crippen molar-refractivity contribution in [2.45, 2.75) is 33.8 Å². The van der Waals surface area contributed by atoms with Crippen LogP contribution in [0.1, 0.15) is 39.3 Å². The average Bonchev–Trinajstić information content (AvgIpc) is 3.50. The number of hydrogen-bond donors (Lipinski definition) is 1. The summed E-state index contributed by atoms with van der Waals surface area (Å²) in [5.74, 6) is -0.385. The first-order chi connectivity index (χ1) is 19.9. The van der Waals surface area contributed by atoms with Crippen molar-refractivity contribution in [1.29, 1.82) is 0 Å². The zero-order valence-corrected chi connectivity index (χ0v) is 23.1. The van der Waals surface area contributed by atoms with Gasteiger partial charge in [0.2, 0.25) is 5.88 Å². The summed E-state index contributed by atoms with van der Waals surface area (Å²) in [7, 11) is 3.28. The number of aryl methyl sites for hydroxylation is 3. The highest BCUT2D eigenvalue weighted by molar-refractivity contribution is 5.99. The molecule has 0 spiro atoms. The summed E-state index contributed by atoms with van der Waals surface area (Å²) in [6, 6.07) is 9.03. The number of aromatic nitrogens is 7. The molecule has 0 aliphatic carbocycles. The van der Waals surface area contributed by atoms with E-state index in [1.807, 2.05) is 13.0 Å². The molecule has 11 nitrogen and oxygen atoms in total. The maximum absolute atomic E-state index is 13.9. The van der Waals surface area contributed by atoms with Gasteiger partial charge >= 0.3 is 6.61 Å². The molecule has 0 saturated carbocycles. The van der Waals surface area contributed by atoms with Crippen LogP contribution in [0.2, 0.25) is 0 Å². The lowest BCUT2D eigenvalue weighted by molar-refractivity contribution is -0.0530. The predicted octanol–water partition coefficient (Wildman–Crippen LogP) is 5.31. The molecule has 42 heavy (non-hydrogen) atoms. The van der Waals surface area contributed by atoms with E-state index in [1.165, 1.54) is 36.4 Å². The quantitative estimate of drug-likeness (QED) is 0.245. The van der Waals surface area contributed by atoms with E-state index in [0.717, 1.165) is 10.2 Å². The zero-order valence-electron chi connectivity index (χ0n) is 23.1. The van der Waals surface area contributed by atoms with E-state index >= 15 is 0 Å². The molecule has 4 aromatic heterocycles. The second kappa shape index (κ2) is 11.1. The van der Waals surface area contributed by atoms with Gasteiger partial charge in [-0.05, 0) is 56.7 Å². The van der Waals surface area contributed by atoms with Gasteiger partial charge in [0.15, 0.2) is 11.6 Å². The van der Waals surface area contributed by atoms with Crippen molar-refractivity contribution in [1.82, 2.24) is 39.4 Å². The lowest BCUT2D eigenvalue weighted by atomic mass is 10.1. The third-order valence-electron chi connectivity index (χ3n) is 6.35. The lowest BCUT2D eigenvalue weighted by Gasteiger charge is -2.16. The van der Waals surface area contributed by atoms with Crippen LogP contribution in [0.4, 0.5) is 29.1 Å². The van der Waals surface area contributed by atoms with E-state index in [1.54, 1.807) is 37.7 Å². The summed E-state index contributed by atoms with van der Waals surface area (Å²) in [6.45, 7) is 1.96. The number of amides is 1. The largest absolute Gasteiger partial charge is 0.415 e. The Bertz CT molecular complexity index is 1800. The number of pyridine rings is 1. The molecule has 0 aliphatic heterocycles. The third-order valence-corrected chi connectivity index (χ3v) is 6.35. The Kier molecular flexibility index (Phi) is 7.49. The highest BCUT2D eigenvalue weighted by atomic mass is 19.3. The number of nitrogens with one attached hydrogen (secondary N) is 1. The molecule has 0 unspecified atom stereocenters. The molecule has 5 rings (SSSR count). The molecule has 0 bridgehead atoms. The first-order valence-corrected chi connectivity index (χ1v) is 12.5. The first kappa shape index (κ1) is 28.4. The lowest BCUT2D eigenvalue weighted by Crippen LogP contribution is -2.23. The Balaban J connectivity index is 1.55. The van der Waals surface area contributed by atoms with Crippen molar-refractivity contribution in [3.63, 3.8) is 0 Å². The van der Waals surface area contributed by atoms with Gasteiger partial charge in [-0.2, -0.15) is 13.9 Å². The fourth-order valence-electron chi connectivity index (χ4n) is 4.32. The number of nitrogens with zero attached hydrogens (tertiary/aromatic N) is 8. The van der Waals surface area contributed by atoms with E-state index in [4.69, 9.17) is 0 Å². The maximum Gasteiger partial charge on any atom is 0.388 e. The molecular formula is C27H25F4N9O2. The van der Waals surface area contributed by atoms with Gasteiger partial charge in [-0.15, -0.1) is 10.2 Å². The predicted molar refractivity (Wildman–Crippen MR) is 145 cm³/mol. The molecule has 0 aliphatic rings. The Labute approximate surface area is 236 Å². The topological polar surface area (TPSA) is 116 Å². The molecule has 1 N–H and O–H groups in total. The number of carbonyl (C=O) groups excluding carboxylic acids is 1. The number of halogens is 4. The Morgan fingerprint density at radius 2 is 1.79 bits per heavy atom. The summed E-state index contributed by atoms with van der Waals surface area (Å²) in [4.78, 5) is 23.0. The number of ether oxygens (including phenoxy) is 1. The summed E-state index contributed by atoms with van der Waals surface area (Å²) in [5, 5.41) is 15.3. The van der Waals surface area contributed by atoms with Gasteiger partial charge in [0, 0.05) is 31.5 Å². The van der Waals surface area contributed by atoms with Crippen LogP contribution in [0.5, 0.6) is 5.88 Å². The molecule has 0 radical (unpaired) electrons. The van der Waals surface area contributed by atoms with Crippen molar-refractivity contribution >= 4 is 28.4 Å². The Hall–Kier alpha value is -5.08. The van der Waals surface area contributed by atoms with Gasteiger partial charge in [-0.25, -0.2) is 23.4 Å². The Morgan fingerprint density at radius 3 is 2.48 bits per heavy atom. The summed E-state index contributed by atoms with van der Waals surface area (Å²) in [5.41, 5.74) is 3.30. The van der Waals surface area contributed by atoms with Crippen molar-refractivity contribution in [2.24, 2.45) is 0 Å². The molecule has 5 aromatic rings. The van der Waals surface area contributed by atoms with Gasteiger partial charge in [0.1, 0.15) is 12.1 Å². The number of rotatable bonds is 8. The second-order valence-corrected chi connectivity index (χ2v) is 9.64. The molecule has 1 amide bonds. The first-order valence-electron chi connectivity index (χ1n) is 12.5. The summed E-state index contributed by atoms with van der Waals surface area (Å²) >= 11 is 0. The number of carbonyl (C=O) groups is 1. The van der Waals surface area contributed by atoms with Gasteiger partial charge in [-0.1, -0.05) is 0 Å². The minimum atomic E-state index is -3.13. The number of hydrogen-bond acceptors (Lipinski definition) is 8. The number of fused-ring (bicyclic) bond motifs is 1. The van der Waals surface area contributed by atoms with E-state index in [0.29, 0.717) is 28.0 Å². The smallest absolute Gasteiger partial charge is 0.388 e. The third kappa shape index (κ3) is 5.44. The summed E-state index contributed by atoms with van der Waals surface area (Å²) in [6.07, 6.45) is -1.43. The normalized spacial score (nSPS) is 11.5. The van der Waals surface area contributed by atoms with Crippen LogP contribution in [-0.2, 0) is 0 Å². The molecule has 1 aromatic carbocycles. The molecule has 0 fully saturated rings. The van der Waals surface area contributed by atoms with Gasteiger partial charge in [0.05, 0.1) is 27.9 Å². The van der Waals surface area contributed by atoms with Crippen LogP contribution >= 0.6 is 0 Å². The number of anilines is 2. The van der Waals surface area contributed by atoms with Gasteiger partial charge in [0.25, 0.3) is 12.3 Å². The van der Waals surface area contributed by atoms with Crippen molar-refractivity contribution in [3.05, 3.63) is 70.8 Å². The highest BCUT2D eigenvalue weighted by Crippen LogP contribution is 2.31.